The second kappa shape index (κ2) is 8.73. The number of rotatable bonds is 10. The minimum Gasteiger partial charge on any atom is -0.480 e. The number of aliphatic carboxylic acids is 1. The Morgan fingerprint density at radius 3 is 2.65 bits per heavy atom. The predicted octanol–water partition coefficient (Wildman–Crippen LogP) is 0.149. The smallest absolute Gasteiger partial charge is 0.321 e. The van der Waals surface area contributed by atoms with Crippen LogP contribution in [0.25, 0.3) is 0 Å². The highest BCUT2D eigenvalue weighted by molar-refractivity contribution is 7.98. The average Bonchev–Trinajstić information content (AvgIpc) is 2.24. The van der Waals surface area contributed by atoms with Crippen LogP contribution >= 0.6 is 11.8 Å². The standard InChI is InChI=1S/C9H19NO5S2/c1-3-15-5-7-17(13,14)10-8(9(11)12)4-6-16-2/h8,10H,3-7H2,1-2H3,(H,11,12)/t8-/m0/s1. The number of thioether (sulfide) groups is 1. The molecule has 0 spiro atoms. The van der Waals surface area contributed by atoms with Gasteiger partial charge in [0.25, 0.3) is 0 Å². The molecule has 0 bridgehead atoms. The second-order valence-corrected chi connectivity index (χ2v) is 6.16. The summed E-state index contributed by atoms with van der Waals surface area (Å²) in [5.74, 6) is -0.784. The lowest BCUT2D eigenvalue weighted by atomic mass is 10.2. The van der Waals surface area contributed by atoms with Crippen molar-refractivity contribution in [1.29, 1.82) is 0 Å². The third-order valence-electron chi connectivity index (χ3n) is 1.93. The predicted molar refractivity (Wildman–Crippen MR) is 67.8 cm³/mol. The van der Waals surface area contributed by atoms with Crippen LogP contribution in [-0.4, -0.2) is 56.5 Å². The molecule has 0 fully saturated rings. The van der Waals surface area contributed by atoms with Gasteiger partial charge in [-0.15, -0.1) is 0 Å². The summed E-state index contributed by atoms with van der Waals surface area (Å²) in [5, 5.41) is 8.87. The zero-order chi connectivity index (χ0) is 13.3. The highest BCUT2D eigenvalue weighted by atomic mass is 32.2. The van der Waals surface area contributed by atoms with E-state index in [0.717, 1.165) is 0 Å². The SMILES string of the molecule is CCOCCS(=O)(=O)N[C@@H](CCSC)C(=O)O. The molecule has 2 N–H and O–H groups in total. The van der Waals surface area contributed by atoms with Gasteiger partial charge >= 0.3 is 5.97 Å². The van der Waals surface area contributed by atoms with E-state index in [-0.39, 0.29) is 18.8 Å². The van der Waals surface area contributed by atoms with Gasteiger partial charge in [0, 0.05) is 6.61 Å². The number of hydrogen-bond donors (Lipinski definition) is 2. The first kappa shape index (κ1) is 16.7. The van der Waals surface area contributed by atoms with Crippen LogP contribution in [-0.2, 0) is 19.6 Å². The van der Waals surface area contributed by atoms with Crippen molar-refractivity contribution in [2.45, 2.75) is 19.4 Å². The minimum atomic E-state index is -3.59. The summed E-state index contributed by atoms with van der Waals surface area (Å²) in [6.45, 7) is 2.27. The van der Waals surface area contributed by atoms with E-state index in [0.29, 0.717) is 12.4 Å². The monoisotopic (exact) mass is 285 g/mol. The molecular formula is C9H19NO5S2. The molecule has 0 saturated carbocycles. The summed E-state index contributed by atoms with van der Waals surface area (Å²) < 4.78 is 30.1. The maximum atomic E-state index is 11.5. The lowest BCUT2D eigenvalue weighted by Gasteiger charge is -2.14. The van der Waals surface area contributed by atoms with Gasteiger partial charge in [-0.3, -0.25) is 4.79 Å². The number of hydrogen-bond acceptors (Lipinski definition) is 5. The van der Waals surface area contributed by atoms with Crippen molar-refractivity contribution in [3.05, 3.63) is 0 Å². The Morgan fingerprint density at radius 1 is 1.53 bits per heavy atom. The van der Waals surface area contributed by atoms with Crippen LogP contribution in [0.15, 0.2) is 0 Å². The van der Waals surface area contributed by atoms with Crippen molar-refractivity contribution in [3.63, 3.8) is 0 Å². The van der Waals surface area contributed by atoms with Gasteiger partial charge in [0.2, 0.25) is 10.0 Å². The lowest BCUT2D eigenvalue weighted by molar-refractivity contribution is -0.139. The van der Waals surface area contributed by atoms with Gasteiger partial charge in [-0.1, -0.05) is 0 Å². The fourth-order valence-corrected chi connectivity index (χ4v) is 2.64. The first-order valence-corrected chi connectivity index (χ1v) is 8.27. The first-order valence-electron chi connectivity index (χ1n) is 5.22. The normalized spacial score (nSPS) is 13.5. The van der Waals surface area contributed by atoms with E-state index in [1.807, 2.05) is 6.26 Å². The van der Waals surface area contributed by atoms with Crippen LogP contribution in [0.4, 0.5) is 0 Å². The molecule has 0 aromatic carbocycles. The molecule has 0 aliphatic carbocycles. The van der Waals surface area contributed by atoms with Crippen LogP contribution in [0.5, 0.6) is 0 Å². The Bertz CT molecular complexity index is 317. The third kappa shape index (κ3) is 8.42. The van der Waals surface area contributed by atoms with Gasteiger partial charge in [-0.2, -0.15) is 11.8 Å². The first-order chi connectivity index (χ1) is 7.93. The van der Waals surface area contributed by atoms with Crippen LogP contribution in [0.2, 0.25) is 0 Å². The summed E-state index contributed by atoms with van der Waals surface area (Å²) in [6, 6.07) is -1.06. The number of carboxylic acid groups (broad SMARTS) is 1. The number of carbonyl (C=O) groups is 1. The zero-order valence-corrected chi connectivity index (χ0v) is 11.6. The molecule has 0 aromatic rings. The molecule has 102 valence electrons. The van der Waals surface area contributed by atoms with E-state index in [1.165, 1.54) is 11.8 Å². The van der Waals surface area contributed by atoms with Gasteiger partial charge < -0.3 is 9.84 Å². The lowest BCUT2D eigenvalue weighted by Crippen LogP contribution is -2.42. The van der Waals surface area contributed by atoms with E-state index < -0.39 is 22.0 Å². The van der Waals surface area contributed by atoms with Crippen molar-refractivity contribution in [2.24, 2.45) is 0 Å². The molecule has 0 heterocycles. The average molecular weight is 285 g/mol. The van der Waals surface area contributed by atoms with E-state index in [9.17, 15) is 13.2 Å². The van der Waals surface area contributed by atoms with E-state index in [4.69, 9.17) is 9.84 Å². The van der Waals surface area contributed by atoms with Crippen LogP contribution in [0.1, 0.15) is 13.3 Å². The Hall–Kier alpha value is -0.310. The molecule has 0 rings (SSSR count). The maximum Gasteiger partial charge on any atom is 0.321 e. The number of sulfonamides is 1. The number of nitrogens with one attached hydrogen (secondary N) is 1. The Kier molecular flexibility index (Phi) is 8.57. The van der Waals surface area contributed by atoms with Crippen molar-refractivity contribution >= 4 is 27.8 Å². The molecule has 0 radical (unpaired) electrons. The Balaban J connectivity index is 4.27. The van der Waals surface area contributed by atoms with Crippen LogP contribution in [0, 0.1) is 0 Å². The fourth-order valence-electron chi connectivity index (χ4n) is 1.06. The molecule has 0 aromatic heterocycles. The highest BCUT2D eigenvalue weighted by Crippen LogP contribution is 2.02. The molecular weight excluding hydrogens is 266 g/mol. The van der Waals surface area contributed by atoms with Gasteiger partial charge in [0.1, 0.15) is 6.04 Å². The molecule has 6 nitrogen and oxygen atoms in total. The van der Waals surface area contributed by atoms with E-state index in [2.05, 4.69) is 4.72 Å². The second-order valence-electron chi connectivity index (χ2n) is 3.31. The Morgan fingerprint density at radius 2 is 2.18 bits per heavy atom. The van der Waals surface area contributed by atoms with Gasteiger partial charge in [-0.25, -0.2) is 13.1 Å². The molecule has 0 amide bonds. The quantitative estimate of drug-likeness (QED) is 0.555. The molecule has 1 atom stereocenters. The summed E-state index contributed by atoms with van der Waals surface area (Å²) in [7, 11) is -3.59. The molecule has 0 aliphatic rings. The number of carboxylic acids is 1. The summed E-state index contributed by atoms with van der Waals surface area (Å²) in [6.07, 6.45) is 2.10. The summed E-state index contributed by atoms with van der Waals surface area (Å²) in [5.41, 5.74) is 0. The summed E-state index contributed by atoms with van der Waals surface area (Å²) >= 11 is 1.47. The minimum absolute atomic E-state index is 0.0701. The molecule has 0 saturated heterocycles. The van der Waals surface area contributed by atoms with Crippen LogP contribution < -0.4 is 4.72 Å². The van der Waals surface area contributed by atoms with Gasteiger partial charge in [0.15, 0.2) is 0 Å². The van der Waals surface area contributed by atoms with Gasteiger partial charge in [0.05, 0.1) is 12.4 Å². The molecule has 0 aliphatic heterocycles. The number of ether oxygens (including phenoxy) is 1. The van der Waals surface area contributed by atoms with Crippen LogP contribution in [0.3, 0.4) is 0 Å². The third-order valence-corrected chi connectivity index (χ3v) is 3.92. The van der Waals surface area contributed by atoms with E-state index in [1.54, 1.807) is 6.92 Å². The van der Waals surface area contributed by atoms with Crippen molar-refractivity contribution < 1.29 is 23.1 Å². The van der Waals surface area contributed by atoms with Gasteiger partial charge in [-0.05, 0) is 25.4 Å². The Labute approximate surface area is 106 Å². The largest absolute Gasteiger partial charge is 0.480 e. The molecule has 17 heavy (non-hydrogen) atoms. The topological polar surface area (TPSA) is 92.7 Å². The molecule has 0 unspecified atom stereocenters. The molecule has 8 heteroatoms. The van der Waals surface area contributed by atoms with Crippen molar-refractivity contribution in [3.8, 4) is 0 Å². The highest BCUT2D eigenvalue weighted by Gasteiger charge is 2.23. The van der Waals surface area contributed by atoms with Crippen molar-refractivity contribution in [2.75, 3.05) is 31.0 Å². The fraction of sp³-hybridized carbons (Fsp3) is 0.889. The van der Waals surface area contributed by atoms with E-state index >= 15 is 0 Å². The zero-order valence-electron chi connectivity index (χ0n) is 10.0. The van der Waals surface area contributed by atoms with Crippen molar-refractivity contribution in [1.82, 2.24) is 4.72 Å². The summed E-state index contributed by atoms with van der Waals surface area (Å²) in [4.78, 5) is 10.8. The maximum absolute atomic E-state index is 11.5.